The summed E-state index contributed by atoms with van der Waals surface area (Å²) in [7, 11) is 1.61. The van der Waals surface area contributed by atoms with Crippen molar-refractivity contribution in [1.82, 2.24) is 4.67 Å². The Balaban J connectivity index is 3.96. The molecular formula is C9H19ClNO3P. The second-order valence-corrected chi connectivity index (χ2v) is 7.52. The number of unbranched alkanes of at least 4 members (excludes halogenated alkanes) is 2. The Hall–Kier alpha value is -0.0500. The molecule has 0 bridgehead atoms. The van der Waals surface area contributed by atoms with Crippen molar-refractivity contribution in [1.29, 1.82) is 0 Å². The Morgan fingerprint density at radius 3 is 2.53 bits per heavy atom. The molecule has 0 heterocycles. The van der Waals surface area contributed by atoms with E-state index in [9.17, 15) is 9.36 Å². The molecule has 0 aromatic rings. The number of hydrogen-bond acceptors (Lipinski definition) is 2. The average Bonchev–Trinajstić information content (AvgIpc) is 2.14. The summed E-state index contributed by atoms with van der Waals surface area (Å²) in [6, 6.07) is 0. The van der Waals surface area contributed by atoms with Gasteiger partial charge in [0.2, 0.25) is 6.65 Å². The predicted octanol–water partition coefficient (Wildman–Crippen LogP) is 3.02. The minimum absolute atomic E-state index is 0.0268. The zero-order chi connectivity index (χ0) is 11.9. The molecule has 15 heavy (non-hydrogen) atoms. The lowest BCUT2D eigenvalue weighted by Gasteiger charge is -2.21. The van der Waals surface area contributed by atoms with Gasteiger partial charge in [0.1, 0.15) is 0 Å². The lowest BCUT2D eigenvalue weighted by molar-refractivity contribution is -0.137. The molecule has 0 fully saturated rings. The minimum atomic E-state index is -2.83. The quantitative estimate of drug-likeness (QED) is 0.535. The lowest BCUT2D eigenvalue weighted by atomic mass is 10.3. The molecule has 4 nitrogen and oxygen atoms in total. The fourth-order valence-corrected chi connectivity index (χ4v) is 3.07. The number of hydrogen-bond donors (Lipinski definition) is 1. The third kappa shape index (κ3) is 6.93. The number of aliphatic carboxylic acids is 1. The molecule has 0 aliphatic heterocycles. The summed E-state index contributed by atoms with van der Waals surface area (Å²) in [5.41, 5.74) is 0. The van der Waals surface area contributed by atoms with Gasteiger partial charge in [0.25, 0.3) is 0 Å². The van der Waals surface area contributed by atoms with Gasteiger partial charge in [-0.3, -0.25) is 9.36 Å². The van der Waals surface area contributed by atoms with Crippen molar-refractivity contribution < 1.29 is 14.5 Å². The summed E-state index contributed by atoms with van der Waals surface area (Å²) in [5.74, 6) is -0.896. The van der Waals surface area contributed by atoms with Crippen LogP contribution in [0.2, 0.25) is 0 Å². The van der Waals surface area contributed by atoms with Crippen LogP contribution in [0.5, 0.6) is 0 Å². The second kappa shape index (κ2) is 7.26. The molecule has 0 aliphatic rings. The Labute approximate surface area is 95.8 Å². The first-order valence-electron chi connectivity index (χ1n) is 5.12. The number of nitrogens with zero attached hydrogens (tertiary/aromatic N) is 1. The monoisotopic (exact) mass is 255 g/mol. The van der Waals surface area contributed by atoms with E-state index in [0.29, 0.717) is 6.16 Å². The smallest absolute Gasteiger partial charge is 0.304 e. The minimum Gasteiger partial charge on any atom is -0.481 e. The average molecular weight is 256 g/mol. The first kappa shape index (κ1) is 14.9. The molecule has 6 heteroatoms. The van der Waals surface area contributed by atoms with E-state index in [2.05, 4.69) is 6.92 Å². The van der Waals surface area contributed by atoms with Crippen molar-refractivity contribution in [3.8, 4) is 0 Å². The Morgan fingerprint density at radius 2 is 2.07 bits per heavy atom. The summed E-state index contributed by atoms with van der Waals surface area (Å²) in [6.45, 7) is -0.526. The third-order valence-electron chi connectivity index (χ3n) is 2.20. The van der Waals surface area contributed by atoms with Gasteiger partial charge in [-0.1, -0.05) is 19.8 Å². The van der Waals surface area contributed by atoms with Gasteiger partial charge < -0.3 is 5.11 Å². The van der Waals surface area contributed by atoms with Crippen LogP contribution in [0.25, 0.3) is 0 Å². The zero-order valence-electron chi connectivity index (χ0n) is 9.28. The molecule has 0 aliphatic carbocycles. The van der Waals surface area contributed by atoms with Gasteiger partial charge in [-0.2, -0.15) is 0 Å². The van der Waals surface area contributed by atoms with Gasteiger partial charge in [-0.25, -0.2) is 4.67 Å². The van der Waals surface area contributed by atoms with Gasteiger partial charge in [0, 0.05) is 12.7 Å². The summed E-state index contributed by atoms with van der Waals surface area (Å²) >= 11 is 5.89. The number of rotatable bonds is 8. The Kier molecular flexibility index (Phi) is 7.24. The van der Waals surface area contributed by atoms with E-state index in [0.717, 1.165) is 19.3 Å². The SMILES string of the molecule is CCCCCP(=O)(Cl)N(C)CCC(=O)O. The standard InChI is InChI=1S/C9H19ClNO3P/c1-3-4-5-8-15(10,14)11(2)7-6-9(12)13/h3-8H2,1-2H3,(H,12,13). The van der Waals surface area contributed by atoms with E-state index in [4.69, 9.17) is 16.3 Å². The maximum atomic E-state index is 11.9. The van der Waals surface area contributed by atoms with Crippen molar-refractivity contribution in [2.45, 2.75) is 32.6 Å². The van der Waals surface area contributed by atoms with Gasteiger partial charge in [-0.15, -0.1) is 0 Å². The first-order chi connectivity index (χ1) is 6.90. The van der Waals surface area contributed by atoms with Gasteiger partial charge in [-0.05, 0) is 24.7 Å². The largest absolute Gasteiger partial charge is 0.481 e. The molecule has 0 saturated heterocycles. The maximum absolute atomic E-state index is 11.9. The molecule has 1 atom stereocenters. The molecule has 90 valence electrons. The van der Waals surface area contributed by atoms with Gasteiger partial charge in [0.05, 0.1) is 6.42 Å². The highest BCUT2D eigenvalue weighted by molar-refractivity contribution is 7.87. The molecule has 0 saturated carbocycles. The predicted molar refractivity (Wildman–Crippen MR) is 62.7 cm³/mol. The van der Waals surface area contributed by atoms with Crippen LogP contribution in [0.3, 0.4) is 0 Å². The molecular weight excluding hydrogens is 237 g/mol. The van der Waals surface area contributed by atoms with Crippen molar-refractivity contribution in [3.05, 3.63) is 0 Å². The van der Waals surface area contributed by atoms with E-state index in [1.54, 1.807) is 7.05 Å². The van der Waals surface area contributed by atoms with Gasteiger partial charge >= 0.3 is 5.97 Å². The fraction of sp³-hybridized carbons (Fsp3) is 0.889. The number of carboxylic acids is 1. The van der Waals surface area contributed by atoms with Crippen LogP contribution < -0.4 is 0 Å². The van der Waals surface area contributed by atoms with Crippen LogP contribution in [0.4, 0.5) is 0 Å². The first-order valence-corrected chi connectivity index (χ1v) is 7.87. The number of carboxylic acid groups (broad SMARTS) is 1. The van der Waals surface area contributed by atoms with Crippen LogP contribution >= 0.6 is 17.9 Å². The van der Waals surface area contributed by atoms with Crippen LogP contribution in [0, 0.1) is 0 Å². The summed E-state index contributed by atoms with van der Waals surface area (Å²) < 4.78 is 13.4. The van der Waals surface area contributed by atoms with Crippen LogP contribution in [-0.4, -0.2) is 35.5 Å². The van der Waals surface area contributed by atoms with Crippen LogP contribution in [0.1, 0.15) is 32.6 Å². The van der Waals surface area contributed by atoms with Crippen LogP contribution in [0.15, 0.2) is 0 Å². The van der Waals surface area contributed by atoms with Crippen molar-refractivity contribution in [2.24, 2.45) is 0 Å². The van der Waals surface area contributed by atoms with E-state index in [1.165, 1.54) is 4.67 Å². The maximum Gasteiger partial charge on any atom is 0.304 e. The molecule has 1 unspecified atom stereocenters. The highest BCUT2D eigenvalue weighted by Crippen LogP contribution is 2.54. The number of carbonyl (C=O) groups is 1. The second-order valence-electron chi connectivity index (χ2n) is 3.57. The van der Waals surface area contributed by atoms with Crippen molar-refractivity contribution in [2.75, 3.05) is 19.8 Å². The summed E-state index contributed by atoms with van der Waals surface area (Å²) in [5, 5.41) is 8.48. The molecule has 0 aromatic carbocycles. The zero-order valence-corrected chi connectivity index (χ0v) is 10.9. The van der Waals surface area contributed by atoms with E-state index in [1.807, 2.05) is 0 Å². The highest BCUT2D eigenvalue weighted by Gasteiger charge is 2.23. The number of halogens is 1. The van der Waals surface area contributed by atoms with E-state index < -0.39 is 12.6 Å². The molecule has 0 amide bonds. The molecule has 0 aromatic heterocycles. The Morgan fingerprint density at radius 1 is 1.47 bits per heavy atom. The molecule has 0 rings (SSSR count). The fourth-order valence-electron chi connectivity index (χ4n) is 1.13. The van der Waals surface area contributed by atoms with Crippen LogP contribution in [-0.2, 0) is 9.36 Å². The third-order valence-corrected chi connectivity index (χ3v) is 5.57. The summed E-state index contributed by atoms with van der Waals surface area (Å²) in [4.78, 5) is 10.3. The lowest BCUT2D eigenvalue weighted by Crippen LogP contribution is -2.18. The summed E-state index contributed by atoms with van der Waals surface area (Å²) in [6.07, 6.45) is 3.31. The van der Waals surface area contributed by atoms with Gasteiger partial charge in [0.15, 0.2) is 0 Å². The van der Waals surface area contributed by atoms with Crippen molar-refractivity contribution >= 4 is 23.9 Å². The van der Waals surface area contributed by atoms with Crippen molar-refractivity contribution in [3.63, 3.8) is 0 Å². The molecule has 0 spiro atoms. The molecule has 0 radical (unpaired) electrons. The normalized spacial score (nSPS) is 15.2. The van der Waals surface area contributed by atoms with E-state index in [-0.39, 0.29) is 13.0 Å². The topological polar surface area (TPSA) is 57.6 Å². The highest BCUT2D eigenvalue weighted by atomic mass is 35.7. The molecule has 1 N–H and O–H groups in total. The Bertz CT molecular complexity index is 248. The van der Waals surface area contributed by atoms with E-state index >= 15 is 0 Å².